The van der Waals surface area contributed by atoms with Crippen molar-refractivity contribution in [2.24, 2.45) is 0 Å². The molecule has 0 aliphatic carbocycles. The molecule has 13 heteroatoms. The number of hydrogen-bond donors (Lipinski definition) is 5. The number of amides is 5. The average molecular weight is 532 g/mol. The zero-order valence-corrected chi connectivity index (χ0v) is 22.2. The van der Waals surface area contributed by atoms with Crippen molar-refractivity contribution in [1.82, 2.24) is 25.8 Å². The number of carbonyl (C=O) groups is 5. The lowest BCUT2D eigenvalue weighted by molar-refractivity contribution is -0.166. The van der Waals surface area contributed by atoms with Crippen molar-refractivity contribution in [3.63, 3.8) is 0 Å². The lowest BCUT2D eigenvalue weighted by Gasteiger charge is -2.15. The predicted octanol–water partition coefficient (Wildman–Crippen LogP) is 1.59. The van der Waals surface area contributed by atoms with Crippen LogP contribution in [-0.2, 0) is 24.0 Å². The van der Waals surface area contributed by atoms with E-state index in [4.69, 9.17) is 0 Å². The van der Waals surface area contributed by atoms with Crippen LogP contribution in [0.4, 0.5) is 0 Å². The summed E-state index contributed by atoms with van der Waals surface area (Å²) < 4.78 is 0. The molecule has 0 atom stereocenters. The Balaban J connectivity index is 3.74. The van der Waals surface area contributed by atoms with E-state index in [9.17, 15) is 39.6 Å². The second kappa shape index (κ2) is 21.3. The second-order valence-electron chi connectivity index (χ2n) is 8.85. The summed E-state index contributed by atoms with van der Waals surface area (Å²) in [7, 11) is 0. The molecule has 0 aliphatic rings. The zero-order valence-electron chi connectivity index (χ0n) is 22.2. The Morgan fingerprint density at radius 1 is 0.568 bits per heavy atom. The van der Waals surface area contributed by atoms with Gasteiger partial charge in [-0.3, -0.25) is 39.6 Å². The number of hydroxylamine groups is 6. The van der Waals surface area contributed by atoms with Crippen LogP contribution >= 0.6 is 0 Å². The summed E-state index contributed by atoms with van der Waals surface area (Å²) in [6, 6.07) is 0. The highest BCUT2D eigenvalue weighted by Gasteiger charge is 2.14. The van der Waals surface area contributed by atoms with E-state index in [1.807, 2.05) is 6.92 Å². The Morgan fingerprint density at radius 3 is 1.38 bits per heavy atom. The van der Waals surface area contributed by atoms with Crippen LogP contribution in [0.5, 0.6) is 0 Å². The normalized spacial score (nSPS) is 10.5. The smallest absolute Gasteiger partial charge is 0.246 e. The second-order valence-corrected chi connectivity index (χ2v) is 8.85. The highest BCUT2D eigenvalue weighted by molar-refractivity contribution is 5.83. The molecule has 5 N–H and O–H groups in total. The number of nitrogens with zero attached hydrogens (tertiary/aromatic N) is 3. The maximum absolute atomic E-state index is 12.0. The molecule has 0 aliphatic heterocycles. The van der Waals surface area contributed by atoms with Gasteiger partial charge in [-0.05, 0) is 44.9 Å². The van der Waals surface area contributed by atoms with Gasteiger partial charge >= 0.3 is 0 Å². The van der Waals surface area contributed by atoms with E-state index in [0.29, 0.717) is 66.8 Å². The topological polar surface area (TPSA) is 180 Å². The number of hydrogen-bond acceptors (Lipinski definition) is 8. The summed E-state index contributed by atoms with van der Waals surface area (Å²) in [6.45, 7) is 4.66. The largest absolute Gasteiger partial charge is 0.356 e. The number of nitrogens with one attached hydrogen (secondary N) is 2. The molecule has 0 heterocycles. The summed E-state index contributed by atoms with van der Waals surface area (Å²) in [5.41, 5.74) is 0. The summed E-state index contributed by atoms with van der Waals surface area (Å²) >= 11 is 0. The van der Waals surface area contributed by atoms with Crippen LogP contribution in [-0.4, -0.2) is 93.1 Å². The van der Waals surface area contributed by atoms with E-state index in [-0.39, 0.29) is 57.1 Å². The van der Waals surface area contributed by atoms with E-state index >= 15 is 0 Å². The van der Waals surface area contributed by atoms with Gasteiger partial charge in [0.2, 0.25) is 29.5 Å². The third-order valence-corrected chi connectivity index (χ3v) is 5.53. The SMILES string of the molecule is CCCCN(O)C(=O)CCC(=O)NCCCCCN(O)C(=O)CCC(=O)NCCCCCN(O)C(C)=O. The van der Waals surface area contributed by atoms with E-state index in [1.54, 1.807) is 0 Å². The summed E-state index contributed by atoms with van der Waals surface area (Å²) in [5, 5.41) is 35.9. The summed E-state index contributed by atoms with van der Waals surface area (Å²) in [4.78, 5) is 58.1. The summed E-state index contributed by atoms with van der Waals surface area (Å²) in [5.74, 6) is -2.01. The van der Waals surface area contributed by atoms with Crippen LogP contribution in [0.15, 0.2) is 0 Å². The number of rotatable bonds is 21. The van der Waals surface area contributed by atoms with Crippen molar-refractivity contribution >= 4 is 29.5 Å². The quantitative estimate of drug-likeness (QED) is 0.0841. The number of carbonyl (C=O) groups excluding carboxylic acids is 5. The van der Waals surface area contributed by atoms with Crippen molar-refractivity contribution in [2.75, 3.05) is 32.7 Å². The minimum absolute atomic E-state index is 0.00189. The molecule has 0 aromatic rings. The molecule has 0 fully saturated rings. The van der Waals surface area contributed by atoms with Crippen molar-refractivity contribution < 1.29 is 39.6 Å². The van der Waals surface area contributed by atoms with Gasteiger partial charge in [0.25, 0.3) is 0 Å². The van der Waals surface area contributed by atoms with Crippen LogP contribution in [0, 0.1) is 0 Å². The fourth-order valence-corrected chi connectivity index (χ4v) is 3.17. The molecule has 214 valence electrons. The van der Waals surface area contributed by atoms with Crippen molar-refractivity contribution in [3.05, 3.63) is 0 Å². The molecule has 0 rings (SSSR count). The van der Waals surface area contributed by atoms with E-state index in [0.717, 1.165) is 12.8 Å². The Labute approximate surface area is 219 Å². The van der Waals surface area contributed by atoms with Crippen LogP contribution in [0.3, 0.4) is 0 Å². The molecule has 0 bridgehead atoms. The molecule has 0 aromatic carbocycles. The van der Waals surface area contributed by atoms with Crippen LogP contribution in [0.2, 0.25) is 0 Å². The Morgan fingerprint density at radius 2 is 0.973 bits per heavy atom. The Hall–Kier alpha value is -2.77. The molecular weight excluding hydrogens is 486 g/mol. The first-order valence-electron chi connectivity index (χ1n) is 13.1. The molecular formula is C24H45N5O8. The van der Waals surface area contributed by atoms with Gasteiger partial charge in [0.05, 0.1) is 0 Å². The van der Waals surface area contributed by atoms with Gasteiger partial charge in [0, 0.05) is 65.3 Å². The first-order valence-corrected chi connectivity index (χ1v) is 13.1. The molecule has 37 heavy (non-hydrogen) atoms. The third-order valence-electron chi connectivity index (χ3n) is 5.53. The minimum atomic E-state index is -0.544. The molecule has 0 saturated heterocycles. The highest BCUT2D eigenvalue weighted by atomic mass is 16.5. The predicted molar refractivity (Wildman–Crippen MR) is 133 cm³/mol. The van der Waals surface area contributed by atoms with Crippen molar-refractivity contribution in [1.29, 1.82) is 0 Å². The Kier molecular flexibility index (Phi) is 19.7. The summed E-state index contributed by atoms with van der Waals surface area (Å²) in [6.07, 6.45) is 5.16. The standard InChI is InChI=1S/C24H45N5O8/c1-3-4-17-28(36)23(33)13-11-21(31)26-16-8-6-10-19-29(37)24(34)14-12-22(32)25-15-7-5-9-18-27(35)20(2)30/h35-37H,3-19H2,1-2H3,(H,25,32)(H,26,31). The first-order chi connectivity index (χ1) is 17.6. The molecule has 0 unspecified atom stereocenters. The van der Waals surface area contributed by atoms with E-state index in [1.165, 1.54) is 6.92 Å². The maximum Gasteiger partial charge on any atom is 0.246 e. The molecule has 0 saturated carbocycles. The highest BCUT2D eigenvalue weighted by Crippen LogP contribution is 2.02. The Bertz CT molecular complexity index is 707. The van der Waals surface area contributed by atoms with E-state index in [2.05, 4.69) is 10.6 Å². The fourth-order valence-electron chi connectivity index (χ4n) is 3.17. The monoisotopic (exact) mass is 531 g/mol. The average Bonchev–Trinajstić information content (AvgIpc) is 2.87. The molecule has 0 spiro atoms. The zero-order chi connectivity index (χ0) is 28.1. The molecule has 0 radical (unpaired) electrons. The van der Waals surface area contributed by atoms with Crippen LogP contribution < -0.4 is 10.6 Å². The molecule has 0 aromatic heterocycles. The van der Waals surface area contributed by atoms with Gasteiger partial charge in [-0.2, -0.15) is 0 Å². The van der Waals surface area contributed by atoms with E-state index < -0.39 is 17.7 Å². The van der Waals surface area contributed by atoms with Gasteiger partial charge in [-0.15, -0.1) is 0 Å². The molecule has 13 nitrogen and oxygen atoms in total. The van der Waals surface area contributed by atoms with Crippen LogP contribution in [0.25, 0.3) is 0 Å². The maximum atomic E-state index is 12.0. The van der Waals surface area contributed by atoms with Gasteiger partial charge < -0.3 is 10.6 Å². The first kappa shape index (κ1) is 34.2. The van der Waals surface area contributed by atoms with Gasteiger partial charge in [-0.25, -0.2) is 15.2 Å². The number of unbranched alkanes of at least 4 members (excludes halogenated alkanes) is 5. The fraction of sp³-hybridized carbons (Fsp3) is 0.792. The van der Waals surface area contributed by atoms with Gasteiger partial charge in [0.1, 0.15) is 0 Å². The van der Waals surface area contributed by atoms with Gasteiger partial charge in [-0.1, -0.05) is 13.3 Å². The lowest BCUT2D eigenvalue weighted by Crippen LogP contribution is -2.31. The minimum Gasteiger partial charge on any atom is -0.356 e. The molecule has 5 amide bonds. The van der Waals surface area contributed by atoms with Crippen LogP contribution in [0.1, 0.15) is 90.9 Å². The third kappa shape index (κ3) is 19.1. The van der Waals surface area contributed by atoms with Crippen molar-refractivity contribution in [3.8, 4) is 0 Å². The van der Waals surface area contributed by atoms with Crippen molar-refractivity contribution in [2.45, 2.75) is 90.9 Å². The van der Waals surface area contributed by atoms with Gasteiger partial charge in [0.15, 0.2) is 0 Å². The lowest BCUT2D eigenvalue weighted by atomic mass is 10.2.